The Labute approximate surface area is 217 Å². The third-order valence-electron chi connectivity index (χ3n) is 6.24. The molecule has 0 radical (unpaired) electrons. The van der Waals surface area contributed by atoms with Gasteiger partial charge >= 0.3 is 0 Å². The predicted molar refractivity (Wildman–Crippen MR) is 157 cm³/mol. The number of benzene rings is 3. The Morgan fingerprint density at radius 2 is 1.30 bits per heavy atom. The van der Waals surface area contributed by atoms with Crippen molar-refractivity contribution in [1.82, 2.24) is 9.97 Å². The molecule has 182 valence electrons. The molecule has 0 saturated heterocycles. The first-order valence-electron chi connectivity index (χ1n) is 12.3. The fraction of sp³-hybridized carbons (Fsp3) is 0.0625. The molecule has 0 aliphatic heterocycles. The van der Waals surface area contributed by atoms with Crippen molar-refractivity contribution in [3.05, 3.63) is 128 Å². The SMILES string of the molecule is C=C(CC)c1ccc2nccc(Nc3ccc(C(=C)Nc4ccc(Nc5ccncc5)cc4)cc3)c2c1. The zero-order valence-electron chi connectivity index (χ0n) is 20.8. The van der Waals surface area contributed by atoms with Gasteiger partial charge in [-0.05, 0) is 89.9 Å². The molecule has 5 rings (SSSR count). The van der Waals surface area contributed by atoms with Gasteiger partial charge in [0.2, 0.25) is 0 Å². The maximum atomic E-state index is 4.52. The third-order valence-corrected chi connectivity index (χ3v) is 6.24. The summed E-state index contributed by atoms with van der Waals surface area (Å²) < 4.78 is 0. The quantitative estimate of drug-likeness (QED) is 0.196. The van der Waals surface area contributed by atoms with Crippen LogP contribution in [0.5, 0.6) is 0 Å². The fourth-order valence-electron chi connectivity index (χ4n) is 4.07. The average Bonchev–Trinajstić information content (AvgIpc) is 2.94. The first-order valence-corrected chi connectivity index (χ1v) is 12.3. The first-order chi connectivity index (χ1) is 18.1. The normalized spacial score (nSPS) is 10.6. The van der Waals surface area contributed by atoms with Crippen LogP contribution in [0, 0.1) is 0 Å². The van der Waals surface area contributed by atoms with Crippen LogP contribution in [0.25, 0.3) is 22.2 Å². The summed E-state index contributed by atoms with van der Waals surface area (Å²) >= 11 is 0. The topological polar surface area (TPSA) is 61.9 Å². The van der Waals surface area contributed by atoms with Gasteiger partial charge in [-0.2, -0.15) is 0 Å². The van der Waals surface area contributed by atoms with E-state index in [0.717, 1.165) is 68.2 Å². The van der Waals surface area contributed by atoms with E-state index < -0.39 is 0 Å². The van der Waals surface area contributed by atoms with Crippen molar-refractivity contribution >= 4 is 50.6 Å². The van der Waals surface area contributed by atoms with Gasteiger partial charge in [-0.1, -0.05) is 38.3 Å². The fourth-order valence-corrected chi connectivity index (χ4v) is 4.07. The van der Waals surface area contributed by atoms with Gasteiger partial charge in [0.05, 0.1) is 5.52 Å². The maximum absolute atomic E-state index is 4.52. The molecule has 0 atom stereocenters. The Kier molecular flexibility index (Phi) is 6.95. The molecule has 0 bridgehead atoms. The molecule has 0 unspecified atom stereocenters. The maximum Gasteiger partial charge on any atom is 0.0723 e. The number of pyridine rings is 2. The number of nitrogens with zero attached hydrogens (tertiary/aromatic N) is 2. The Balaban J connectivity index is 1.25. The highest BCUT2D eigenvalue weighted by atomic mass is 14.9. The zero-order chi connectivity index (χ0) is 25.6. The highest BCUT2D eigenvalue weighted by molar-refractivity contribution is 5.95. The molecular weight excluding hydrogens is 454 g/mol. The molecule has 3 N–H and O–H groups in total. The Hall–Kier alpha value is -4.90. The third kappa shape index (κ3) is 5.68. The van der Waals surface area contributed by atoms with E-state index in [0.29, 0.717) is 0 Å². The smallest absolute Gasteiger partial charge is 0.0723 e. The molecule has 5 heteroatoms. The largest absolute Gasteiger partial charge is 0.356 e. The first kappa shape index (κ1) is 23.8. The minimum absolute atomic E-state index is 0.832. The van der Waals surface area contributed by atoms with Gasteiger partial charge in [0, 0.05) is 58.1 Å². The Morgan fingerprint density at radius 1 is 0.676 bits per heavy atom. The van der Waals surface area contributed by atoms with Crippen LogP contribution in [0.3, 0.4) is 0 Å². The van der Waals surface area contributed by atoms with E-state index in [1.807, 2.05) is 48.7 Å². The summed E-state index contributed by atoms with van der Waals surface area (Å²) in [7, 11) is 0. The number of fused-ring (bicyclic) bond motifs is 1. The van der Waals surface area contributed by atoms with Crippen LogP contribution in [0.15, 0.2) is 117 Å². The molecule has 0 amide bonds. The van der Waals surface area contributed by atoms with Gasteiger partial charge in [0.15, 0.2) is 0 Å². The van der Waals surface area contributed by atoms with Gasteiger partial charge < -0.3 is 16.0 Å². The van der Waals surface area contributed by atoms with Crippen LogP contribution < -0.4 is 16.0 Å². The van der Waals surface area contributed by atoms with Crippen molar-refractivity contribution in [3.63, 3.8) is 0 Å². The molecular formula is C32H29N5. The van der Waals surface area contributed by atoms with Crippen molar-refractivity contribution in [2.45, 2.75) is 13.3 Å². The predicted octanol–water partition coefficient (Wildman–Crippen LogP) is 8.62. The second-order valence-corrected chi connectivity index (χ2v) is 8.79. The Bertz CT molecular complexity index is 1540. The molecule has 0 spiro atoms. The molecule has 2 aromatic heterocycles. The lowest BCUT2D eigenvalue weighted by Crippen LogP contribution is -1.98. The van der Waals surface area contributed by atoms with E-state index in [4.69, 9.17) is 0 Å². The zero-order valence-corrected chi connectivity index (χ0v) is 20.8. The standard InChI is InChI=1S/C32H29N5/c1-4-22(2)25-7-14-31-30(21-25)32(17-20-34-31)37-28-8-5-24(6-9-28)23(3)35-26-10-12-27(13-11-26)36-29-15-18-33-19-16-29/h5-21,35H,2-4H2,1H3,(H,33,36)(H,34,37). The minimum atomic E-state index is 0.832. The summed E-state index contributed by atoms with van der Waals surface area (Å²) in [5.74, 6) is 0. The number of aromatic nitrogens is 2. The highest BCUT2D eigenvalue weighted by Gasteiger charge is 2.07. The molecule has 5 aromatic rings. The second-order valence-electron chi connectivity index (χ2n) is 8.79. The molecule has 0 saturated carbocycles. The van der Waals surface area contributed by atoms with E-state index in [-0.39, 0.29) is 0 Å². The van der Waals surface area contributed by atoms with E-state index in [9.17, 15) is 0 Å². The summed E-state index contributed by atoms with van der Waals surface area (Å²) in [4.78, 5) is 8.56. The van der Waals surface area contributed by atoms with Gasteiger partial charge in [0.25, 0.3) is 0 Å². The van der Waals surface area contributed by atoms with E-state index in [1.165, 1.54) is 0 Å². The summed E-state index contributed by atoms with van der Waals surface area (Å²) in [6, 6.07) is 28.5. The molecule has 5 nitrogen and oxygen atoms in total. The summed E-state index contributed by atoms with van der Waals surface area (Å²) in [5, 5.41) is 11.4. The highest BCUT2D eigenvalue weighted by Crippen LogP contribution is 2.29. The second kappa shape index (κ2) is 10.8. The van der Waals surface area contributed by atoms with Crippen molar-refractivity contribution in [2.75, 3.05) is 16.0 Å². The number of rotatable bonds is 9. The van der Waals surface area contributed by atoms with Crippen LogP contribution in [0.1, 0.15) is 24.5 Å². The van der Waals surface area contributed by atoms with Crippen LogP contribution in [-0.2, 0) is 0 Å². The van der Waals surface area contributed by atoms with E-state index >= 15 is 0 Å². The molecule has 37 heavy (non-hydrogen) atoms. The molecule has 0 aliphatic carbocycles. The Morgan fingerprint density at radius 3 is 2.03 bits per heavy atom. The summed E-state index contributed by atoms with van der Waals surface area (Å²) in [6.07, 6.45) is 6.28. The lowest BCUT2D eigenvalue weighted by Gasteiger charge is -2.14. The van der Waals surface area contributed by atoms with Crippen molar-refractivity contribution in [3.8, 4) is 0 Å². The van der Waals surface area contributed by atoms with Gasteiger partial charge in [-0.25, -0.2) is 0 Å². The summed E-state index contributed by atoms with van der Waals surface area (Å²) in [5.41, 5.74) is 10.1. The lowest BCUT2D eigenvalue weighted by atomic mass is 10.0. The van der Waals surface area contributed by atoms with Crippen LogP contribution in [0.4, 0.5) is 28.4 Å². The minimum Gasteiger partial charge on any atom is -0.356 e. The monoisotopic (exact) mass is 483 g/mol. The summed E-state index contributed by atoms with van der Waals surface area (Å²) in [6.45, 7) is 10.5. The van der Waals surface area contributed by atoms with Crippen molar-refractivity contribution in [2.24, 2.45) is 0 Å². The van der Waals surface area contributed by atoms with Crippen molar-refractivity contribution in [1.29, 1.82) is 0 Å². The molecule has 0 fully saturated rings. The number of hydrogen-bond acceptors (Lipinski definition) is 5. The van der Waals surface area contributed by atoms with Gasteiger partial charge in [0.1, 0.15) is 0 Å². The van der Waals surface area contributed by atoms with Crippen LogP contribution >= 0.6 is 0 Å². The van der Waals surface area contributed by atoms with Crippen LogP contribution in [0.2, 0.25) is 0 Å². The number of hydrogen-bond donors (Lipinski definition) is 3. The van der Waals surface area contributed by atoms with Gasteiger partial charge in [-0.15, -0.1) is 0 Å². The molecule has 2 heterocycles. The van der Waals surface area contributed by atoms with E-state index in [2.05, 4.69) is 88.5 Å². The number of nitrogens with one attached hydrogen (secondary N) is 3. The van der Waals surface area contributed by atoms with Crippen molar-refractivity contribution < 1.29 is 0 Å². The molecule has 3 aromatic carbocycles. The number of allylic oxidation sites excluding steroid dienone is 1. The van der Waals surface area contributed by atoms with Gasteiger partial charge in [-0.3, -0.25) is 9.97 Å². The van der Waals surface area contributed by atoms with E-state index in [1.54, 1.807) is 12.4 Å². The lowest BCUT2D eigenvalue weighted by molar-refractivity contribution is 1.25. The number of anilines is 5. The van der Waals surface area contributed by atoms with Crippen LogP contribution in [-0.4, -0.2) is 9.97 Å². The average molecular weight is 484 g/mol. The molecule has 0 aliphatic rings.